The van der Waals surface area contributed by atoms with Crippen molar-refractivity contribution < 1.29 is 24.2 Å². The number of aliphatic hydroxyl groups is 1. The molecule has 1 aliphatic rings. The number of rotatable bonds is 5. The van der Waals surface area contributed by atoms with Crippen molar-refractivity contribution in [3.05, 3.63) is 24.5 Å². The predicted octanol–water partition coefficient (Wildman–Crippen LogP) is -1.52. The molecule has 1 aromatic heterocycles. The Hall–Kier alpha value is -2.75. The van der Waals surface area contributed by atoms with Crippen LogP contribution in [0.15, 0.2) is 24.5 Å². The maximum Gasteiger partial charge on any atom is 0.287 e. The highest BCUT2D eigenvalue weighted by molar-refractivity contribution is 6.03. The first-order valence-corrected chi connectivity index (χ1v) is 6.81. The molecular weight excluding hydrogens is 306 g/mol. The fraction of sp³-hybridized carbons (Fsp3) is 0.462. The number of nitrogens with one attached hydrogen (secondary N) is 2. The van der Waals surface area contributed by atoms with Gasteiger partial charge in [0, 0.05) is 12.5 Å². The van der Waals surface area contributed by atoms with E-state index in [0.717, 1.165) is 6.08 Å². The van der Waals surface area contributed by atoms with Gasteiger partial charge < -0.3 is 15.2 Å². The van der Waals surface area contributed by atoms with Gasteiger partial charge in [-0.15, -0.1) is 10.2 Å². The highest BCUT2D eigenvalue weighted by atomic mass is 16.5. The number of aromatic nitrogens is 3. The van der Waals surface area contributed by atoms with Crippen LogP contribution in [0.1, 0.15) is 20.3 Å². The van der Waals surface area contributed by atoms with Crippen LogP contribution in [-0.2, 0) is 19.1 Å². The Balaban J connectivity index is 2.02. The number of hydrogen-bond acceptors (Lipinski definition) is 7. The van der Waals surface area contributed by atoms with Gasteiger partial charge in [0.1, 0.15) is 24.3 Å². The Bertz CT molecular complexity index is 637. The van der Waals surface area contributed by atoms with Crippen LogP contribution >= 0.6 is 0 Å². The third-order valence-corrected chi connectivity index (χ3v) is 2.96. The zero-order valence-electron chi connectivity index (χ0n) is 12.6. The Kier molecular flexibility index (Phi) is 4.74. The molecule has 10 nitrogen and oxygen atoms in total. The molecule has 0 saturated heterocycles. The topological polar surface area (TPSA) is 135 Å². The van der Waals surface area contributed by atoms with Gasteiger partial charge in [-0.05, 0) is 13.8 Å². The summed E-state index contributed by atoms with van der Waals surface area (Å²) in [4.78, 5) is 35.7. The zero-order chi connectivity index (χ0) is 17.0. The number of hydrogen-bond donors (Lipinski definition) is 3. The van der Waals surface area contributed by atoms with Gasteiger partial charge in [-0.3, -0.25) is 19.8 Å². The average molecular weight is 323 g/mol. The lowest BCUT2D eigenvalue weighted by molar-refractivity contribution is -0.133. The fourth-order valence-electron chi connectivity index (χ4n) is 1.98. The van der Waals surface area contributed by atoms with Crippen LogP contribution < -0.4 is 10.7 Å². The minimum Gasteiger partial charge on any atom is -0.482 e. The largest absolute Gasteiger partial charge is 0.482 e. The van der Waals surface area contributed by atoms with Crippen LogP contribution in [0.3, 0.4) is 0 Å². The molecule has 0 bridgehead atoms. The molecule has 10 heteroatoms. The summed E-state index contributed by atoms with van der Waals surface area (Å²) in [6.45, 7) is 2.71. The predicted molar refractivity (Wildman–Crippen MR) is 76.3 cm³/mol. The molecule has 2 amide bonds. The number of carbonyl (C=O) groups is 3. The Morgan fingerprint density at radius 1 is 1.43 bits per heavy atom. The minimum absolute atomic E-state index is 0.154. The molecule has 0 aromatic carbocycles. The lowest BCUT2D eigenvalue weighted by Crippen LogP contribution is -2.49. The van der Waals surface area contributed by atoms with Crippen LogP contribution in [-0.4, -0.2) is 55.8 Å². The van der Waals surface area contributed by atoms with E-state index in [9.17, 15) is 19.5 Å². The van der Waals surface area contributed by atoms with Gasteiger partial charge in [-0.2, -0.15) is 0 Å². The zero-order valence-corrected chi connectivity index (χ0v) is 12.6. The standard InChI is InChI=1S/C13H17N5O5/c1-13(2)4-8(20)3-10(23-13)12(22)16-9(5-19)11(21)17-18-6-14-15-7-18/h3,6-7,9,19H,4-5H2,1-2H3,(H,16,22)(H,17,21). The van der Waals surface area contributed by atoms with Crippen molar-refractivity contribution in [2.75, 3.05) is 12.0 Å². The highest BCUT2D eigenvalue weighted by Crippen LogP contribution is 2.24. The number of amides is 2. The molecule has 3 N–H and O–H groups in total. The third-order valence-electron chi connectivity index (χ3n) is 2.96. The van der Waals surface area contributed by atoms with E-state index < -0.39 is 30.1 Å². The number of ketones is 1. The van der Waals surface area contributed by atoms with Gasteiger partial charge in [0.2, 0.25) is 0 Å². The number of aliphatic hydroxyl groups excluding tert-OH is 1. The molecule has 2 heterocycles. The summed E-state index contributed by atoms with van der Waals surface area (Å²) in [6, 6.07) is -1.23. The number of carbonyl (C=O) groups excluding carboxylic acids is 3. The lowest BCUT2D eigenvalue weighted by atomic mass is 9.98. The van der Waals surface area contributed by atoms with E-state index >= 15 is 0 Å². The second-order valence-corrected chi connectivity index (χ2v) is 5.57. The van der Waals surface area contributed by atoms with Crippen molar-refractivity contribution in [1.29, 1.82) is 0 Å². The summed E-state index contributed by atoms with van der Waals surface area (Å²) >= 11 is 0. The second-order valence-electron chi connectivity index (χ2n) is 5.57. The summed E-state index contributed by atoms with van der Waals surface area (Å²) in [6.07, 6.45) is 3.71. The fourth-order valence-corrected chi connectivity index (χ4v) is 1.98. The van der Waals surface area contributed by atoms with Gasteiger partial charge in [0.15, 0.2) is 11.5 Å². The van der Waals surface area contributed by atoms with E-state index in [0.29, 0.717) is 0 Å². The summed E-state index contributed by atoms with van der Waals surface area (Å²) < 4.78 is 6.59. The molecule has 0 saturated carbocycles. The second kappa shape index (κ2) is 6.57. The molecule has 0 aliphatic carbocycles. The van der Waals surface area contributed by atoms with Crippen LogP contribution in [0, 0.1) is 0 Å². The molecule has 0 spiro atoms. The molecule has 1 unspecified atom stereocenters. The van der Waals surface area contributed by atoms with Gasteiger partial charge in [0.25, 0.3) is 11.8 Å². The smallest absolute Gasteiger partial charge is 0.287 e. The van der Waals surface area contributed by atoms with Crippen molar-refractivity contribution in [3.8, 4) is 0 Å². The quantitative estimate of drug-likeness (QED) is 0.598. The Morgan fingerprint density at radius 2 is 2.09 bits per heavy atom. The van der Waals surface area contributed by atoms with E-state index in [1.54, 1.807) is 13.8 Å². The van der Waals surface area contributed by atoms with E-state index in [1.807, 2.05) is 0 Å². The van der Waals surface area contributed by atoms with Gasteiger partial charge in [-0.1, -0.05) is 0 Å². The summed E-state index contributed by atoms with van der Waals surface area (Å²) in [5.41, 5.74) is 1.55. The van der Waals surface area contributed by atoms with Crippen molar-refractivity contribution in [2.24, 2.45) is 0 Å². The number of allylic oxidation sites excluding steroid dienone is 1. The number of nitrogens with zero attached hydrogens (tertiary/aromatic N) is 3. The molecule has 2 rings (SSSR count). The van der Waals surface area contributed by atoms with Gasteiger partial charge >= 0.3 is 0 Å². The van der Waals surface area contributed by atoms with E-state index in [2.05, 4.69) is 20.9 Å². The molecular formula is C13H17N5O5. The molecule has 1 aliphatic heterocycles. The van der Waals surface area contributed by atoms with Gasteiger partial charge in [0.05, 0.1) is 6.61 Å². The Morgan fingerprint density at radius 3 is 2.65 bits per heavy atom. The number of ether oxygens (including phenoxy) is 1. The maximum absolute atomic E-state index is 12.1. The monoisotopic (exact) mass is 323 g/mol. The molecule has 0 fully saturated rings. The third kappa shape index (κ3) is 4.36. The molecule has 1 aromatic rings. The molecule has 124 valence electrons. The summed E-state index contributed by atoms with van der Waals surface area (Å²) in [5.74, 6) is -1.88. The minimum atomic E-state index is -1.23. The van der Waals surface area contributed by atoms with Crippen LogP contribution in [0.2, 0.25) is 0 Å². The first-order chi connectivity index (χ1) is 10.8. The first-order valence-electron chi connectivity index (χ1n) is 6.81. The van der Waals surface area contributed by atoms with E-state index in [4.69, 9.17) is 4.74 Å². The Labute approximate surface area is 131 Å². The van der Waals surface area contributed by atoms with Crippen LogP contribution in [0.25, 0.3) is 0 Å². The maximum atomic E-state index is 12.1. The van der Waals surface area contributed by atoms with Crippen LogP contribution in [0.5, 0.6) is 0 Å². The SMILES string of the molecule is CC1(C)CC(=O)C=C(C(=O)NC(CO)C(=O)Nn2cnnc2)O1. The van der Waals surface area contributed by atoms with Crippen molar-refractivity contribution in [1.82, 2.24) is 20.2 Å². The summed E-state index contributed by atoms with van der Waals surface area (Å²) in [7, 11) is 0. The van der Waals surface area contributed by atoms with Crippen molar-refractivity contribution in [2.45, 2.75) is 31.9 Å². The lowest BCUT2D eigenvalue weighted by Gasteiger charge is -2.30. The molecule has 1 atom stereocenters. The van der Waals surface area contributed by atoms with E-state index in [-0.39, 0.29) is 18.0 Å². The summed E-state index contributed by atoms with van der Waals surface area (Å²) in [5, 5.41) is 18.6. The van der Waals surface area contributed by atoms with Crippen LogP contribution in [0.4, 0.5) is 0 Å². The van der Waals surface area contributed by atoms with Crippen molar-refractivity contribution >= 4 is 17.6 Å². The van der Waals surface area contributed by atoms with Gasteiger partial charge in [-0.25, -0.2) is 4.68 Å². The normalized spacial score (nSPS) is 17.7. The molecule has 23 heavy (non-hydrogen) atoms. The average Bonchev–Trinajstić information content (AvgIpc) is 2.94. The first kappa shape index (κ1) is 16.6. The highest BCUT2D eigenvalue weighted by Gasteiger charge is 2.33. The van der Waals surface area contributed by atoms with Crippen molar-refractivity contribution in [3.63, 3.8) is 0 Å². The van der Waals surface area contributed by atoms with E-state index in [1.165, 1.54) is 17.3 Å². The molecule has 0 radical (unpaired) electrons.